The van der Waals surface area contributed by atoms with Crippen LogP contribution in [0.25, 0.3) is 0 Å². The van der Waals surface area contributed by atoms with Gasteiger partial charge in [0.1, 0.15) is 11.7 Å². The summed E-state index contributed by atoms with van der Waals surface area (Å²) >= 11 is 0. The topological polar surface area (TPSA) is 118 Å². The maximum Gasteiger partial charge on any atom is 0.416 e. The Bertz CT molecular complexity index is 1260. The zero-order chi connectivity index (χ0) is 26.2. The van der Waals surface area contributed by atoms with E-state index >= 15 is 0 Å². The summed E-state index contributed by atoms with van der Waals surface area (Å²) in [6.45, 7) is 1.43. The summed E-state index contributed by atoms with van der Waals surface area (Å²) in [5, 5.41) is 7.03. The molecule has 2 aliphatic heterocycles. The Morgan fingerprint density at radius 3 is 2.39 bits per heavy atom. The molecule has 188 valence electrons. The maximum absolute atomic E-state index is 13.3. The lowest BCUT2D eigenvalue weighted by Gasteiger charge is -2.21. The first-order valence-electron chi connectivity index (χ1n) is 10.6. The van der Waals surface area contributed by atoms with Gasteiger partial charge >= 0.3 is 18.2 Å². The minimum atomic E-state index is -4.72. The number of hydrogen-bond acceptors (Lipinski definition) is 7. The third-order valence-corrected chi connectivity index (χ3v) is 5.51. The molecular formula is C23H19F3N4O6. The Labute approximate surface area is 202 Å². The fraction of sp³-hybridized carbons (Fsp3) is 0.261. The van der Waals surface area contributed by atoms with Crippen LogP contribution in [0, 0.1) is 5.92 Å². The van der Waals surface area contributed by atoms with Gasteiger partial charge in [-0.05, 0) is 49.4 Å². The zero-order valence-electron chi connectivity index (χ0n) is 18.9. The van der Waals surface area contributed by atoms with Gasteiger partial charge in [-0.25, -0.2) is 19.5 Å². The highest BCUT2D eigenvalue weighted by Gasteiger charge is 2.60. The van der Waals surface area contributed by atoms with Crippen molar-refractivity contribution in [3.63, 3.8) is 0 Å². The van der Waals surface area contributed by atoms with Crippen LogP contribution >= 0.6 is 0 Å². The average molecular weight is 504 g/mol. The molecule has 1 N–H and O–H groups in total. The minimum Gasteiger partial charge on any atom is -0.497 e. The van der Waals surface area contributed by atoms with Crippen LogP contribution in [0.4, 0.5) is 29.3 Å². The largest absolute Gasteiger partial charge is 0.497 e. The summed E-state index contributed by atoms with van der Waals surface area (Å²) in [7, 11) is 1.46. The smallest absolute Gasteiger partial charge is 0.416 e. The van der Waals surface area contributed by atoms with E-state index < -0.39 is 53.2 Å². The highest BCUT2D eigenvalue weighted by molar-refractivity contribution is 6.47. The number of hydrogen-bond donors (Lipinski definition) is 1. The van der Waals surface area contributed by atoms with Crippen molar-refractivity contribution in [2.75, 3.05) is 23.9 Å². The number of hydrazone groups is 1. The van der Waals surface area contributed by atoms with Crippen LogP contribution in [0.5, 0.6) is 5.75 Å². The second-order valence-corrected chi connectivity index (χ2v) is 7.69. The van der Waals surface area contributed by atoms with Crippen LogP contribution in [0.15, 0.2) is 53.6 Å². The van der Waals surface area contributed by atoms with Gasteiger partial charge in [-0.2, -0.15) is 18.3 Å². The summed E-state index contributed by atoms with van der Waals surface area (Å²) in [6, 6.07) is 7.23. The van der Waals surface area contributed by atoms with E-state index in [2.05, 4.69) is 10.4 Å². The molecule has 0 spiro atoms. The predicted octanol–water partition coefficient (Wildman–Crippen LogP) is 3.04. The van der Waals surface area contributed by atoms with Gasteiger partial charge in [0.15, 0.2) is 11.8 Å². The van der Waals surface area contributed by atoms with Crippen molar-refractivity contribution in [1.82, 2.24) is 5.01 Å². The lowest BCUT2D eigenvalue weighted by molar-refractivity contribution is -0.137. The van der Waals surface area contributed by atoms with Gasteiger partial charge < -0.3 is 14.8 Å². The SMILES string of the molecule is CCOC(=O)C1=NN(C(=O)Nc2ccc(OC)cc2)[C@@H]2C(=O)N(c3cccc(C(F)(F)F)c3)C(=O)[C@H]12. The Balaban J connectivity index is 1.69. The molecule has 36 heavy (non-hydrogen) atoms. The molecule has 2 aliphatic rings. The highest BCUT2D eigenvalue weighted by atomic mass is 19.4. The first-order valence-corrected chi connectivity index (χ1v) is 10.6. The third kappa shape index (κ3) is 4.34. The molecule has 0 unspecified atom stereocenters. The first-order chi connectivity index (χ1) is 17.1. The van der Waals surface area contributed by atoms with Crippen molar-refractivity contribution in [3.8, 4) is 5.75 Å². The number of benzene rings is 2. The molecule has 0 radical (unpaired) electrons. The summed E-state index contributed by atoms with van der Waals surface area (Å²) < 4.78 is 49.6. The Morgan fingerprint density at radius 2 is 1.78 bits per heavy atom. The van der Waals surface area contributed by atoms with Crippen molar-refractivity contribution in [2.45, 2.75) is 19.1 Å². The van der Waals surface area contributed by atoms with Crippen LogP contribution < -0.4 is 15.0 Å². The standard InChI is InChI=1S/C23H19F3N4O6/c1-3-36-21(33)17-16-18(30(28-17)22(34)27-13-7-9-15(35-2)10-8-13)20(32)29(19(16)31)14-6-4-5-12(11-14)23(24,25)26/h4-11,16,18H,3H2,1-2H3,(H,27,34)/t16-,18+/m1/s1. The van der Waals surface area contributed by atoms with E-state index in [1.165, 1.54) is 26.2 Å². The van der Waals surface area contributed by atoms with E-state index in [0.29, 0.717) is 27.4 Å². The van der Waals surface area contributed by atoms with E-state index in [9.17, 15) is 32.3 Å². The molecule has 1 fully saturated rings. The number of rotatable bonds is 5. The number of imide groups is 1. The molecule has 2 aromatic carbocycles. The summed E-state index contributed by atoms with van der Waals surface area (Å²) in [4.78, 5) is 52.6. The molecular weight excluding hydrogens is 485 g/mol. The zero-order valence-corrected chi connectivity index (χ0v) is 18.9. The van der Waals surface area contributed by atoms with Gasteiger partial charge in [0.05, 0.1) is 25.0 Å². The van der Waals surface area contributed by atoms with Gasteiger partial charge in [-0.3, -0.25) is 9.59 Å². The molecule has 0 aromatic heterocycles. The third-order valence-electron chi connectivity index (χ3n) is 5.51. The molecule has 13 heteroatoms. The lowest BCUT2D eigenvalue weighted by atomic mass is 9.98. The summed E-state index contributed by atoms with van der Waals surface area (Å²) in [5.41, 5.74) is -1.64. The lowest BCUT2D eigenvalue weighted by Crippen LogP contribution is -2.44. The van der Waals surface area contributed by atoms with Gasteiger partial charge in [-0.1, -0.05) is 6.07 Å². The number of nitrogens with one attached hydrogen (secondary N) is 1. The van der Waals surface area contributed by atoms with Crippen molar-refractivity contribution in [2.24, 2.45) is 11.0 Å². The number of fused-ring (bicyclic) bond motifs is 1. The number of ether oxygens (including phenoxy) is 2. The summed E-state index contributed by atoms with van der Waals surface area (Å²) in [6.07, 6.45) is -4.72. The highest BCUT2D eigenvalue weighted by Crippen LogP contribution is 2.38. The fourth-order valence-corrected chi connectivity index (χ4v) is 3.89. The number of urea groups is 1. The van der Waals surface area contributed by atoms with Crippen LogP contribution in [-0.4, -0.2) is 54.3 Å². The van der Waals surface area contributed by atoms with Crippen LogP contribution in [0.1, 0.15) is 12.5 Å². The second kappa shape index (κ2) is 9.32. The van der Waals surface area contributed by atoms with E-state index in [4.69, 9.17) is 9.47 Å². The summed E-state index contributed by atoms with van der Waals surface area (Å²) in [5.74, 6) is -4.08. The van der Waals surface area contributed by atoms with E-state index in [-0.39, 0.29) is 12.3 Å². The molecule has 2 atom stereocenters. The maximum atomic E-state index is 13.3. The molecule has 1 saturated heterocycles. The number of carbonyl (C=O) groups is 4. The Hall–Kier alpha value is -4.42. The van der Waals surface area contributed by atoms with Gasteiger partial charge in [-0.15, -0.1) is 0 Å². The van der Waals surface area contributed by atoms with Crippen molar-refractivity contribution >= 4 is 40.9 Å². The molecule has 0 aliphatic carbocycles. The van der Waals surface area contributed by atoms with Gasteiger partial charge in [0.2, 0.25) is 5.91 Å². The number of alkyl halides is 3. The molecule has 4 amide bonds. The van der Waals surface area contributed by atoms with Crippen LogP contribution in [0.3, 0.4) is 0 Å². The van der Waals surface area contributed by atoms with Crippen LogP contribution in [-0.2, 0) is 25.3 Å². The first kappa shape index (κ1) is 24.7. The van der Waals surface area contributed by atoms with E-state index in [0.717, 1.165) is 18.2 Å². The number of carbonyl (C=O) groups excluding carboxylic acids is 4. The van der Waals surface area contributed by atoms with Gasteiger partial charge in [0, 0.05) is 5.69 Å². The molecule has 2 aromatic rings. The Morgan fingerprint density at radius 1 is 1.08 bits per heavy atom. The minimum absolute atomic E-state index is 0.0766. The number of methoxy groups -OCH3 is 1. The number of nitrogens with zero attached hydrogens (tertiary/aromatic N) is 3. The van der Waals surface area contributed by atoms with E-state index in [1.54, 1.807) is 12.1 Å². The molecule has 0 saturated carbocycles. The average Bonchev–Trinajstić information content (AvgIpc) is 3.36. The molecule has 4 rings (SSSR count). The van der Waals surface area contributed by atoms with Crippen molar-refractivity contribution in [1.29, 1.82) is 0 Å². The normalized spacial score (nSPS) is 19.2. The van der Waals surface area contributed by atoms with Crippen LogP contribution in [0.2, 0.25) is 0 Å². The monoisotopic (exact) mass is 504 g/mol. The van der Waals surface area contributed by atoms with Crippen molar-refractivity contribution < 1.29 is 41.8 Å². The quantitative estimate of drug-likeness (QED) is 0.494. The number of amides is 4. The molecule has 0 bridgehead atoms. The number of halogens is 3. The predicted molar refractivity (Wildman–Crippen MR) is 119 cm³/mol. The Kier molecular flexibility index (Phi) is 6.39. The molecule has 10 nitrogen and oxygen atoms in total. The number of anilines is 2. The number of esters is 1. The van der Waals surface area contributed by atoms with E-state index in [1.807, 2.05) is 0 Å². The second-order valence-electron chi connectivity index (χ2n) is 7.69. The molecule has 2 heterocycles. The van der Waals surface area contributed by atoms with Crippen molar-refractivity contribution in [3.05, 3.63) is 54.1 Å². The van der Waals surface area contributed by atoms with Gasteiger partial charge in [0.25, 0.3) is 5.91 Å². The fourth-order valence-electron chi connectivity index (χ4n) is 3.89.